The molecule has 2 saturated carbocycles. The van der Waals surface area contributed by atoms with Crippen molar-refractivity contribution in [1.29, 1.82) is 5.26 Å². The van der Waals surface area contributed by atoms with Gasteiger partial charge in [0.25, 0.3) is 10.1 Å². The van der Waals surface area contributed by atoms with Crippen LogP contribution < -0.4 is 5.32 Å². The molecule has 3 aliphatic rings. The van der Waals surface area contributed by atoms with E-state index in [1.54, 1.807) is 18.2 Å². The first-order valence-electron chi connectivity index (χ1n) is 9.71. The number of nitrogens with zero attached hydrogens (tertiary/aromatic N) is 2. The molecular formula is C20H23N3O5S. The predicted molar refractivity (Wildman–Crippen MR) is 102 cm³/mol. The third-order valence-corrected chi connectivity index (χ3v) is 7.34. The highest BCUT2D eigenvalue weighted by Gasteiger charge is 2.54. The van der Waals surface area contributed by atoms with E-state index in [-0.39, 0.29) is 23.8 Å². The number of hydrogen-bond donors (Lipinski definition) is 1. The zero-order valence-corrected chi connectivity index (χ0v) is 16.9. The van der Waals surface area contributed by atoms with Gasteiger partial charge in [-0.05, 0) is 37.8 Å². The molecule has 1 aromatic carbocycles. The molecule has 8 nitrogen and oxygen atoms in total. The molecular weight excluding hydrogens is 394 g/mol. The fourth-order valence-electron chi connectivity index (χ4n) is 3.62. The molecule has 0 radical (unpaired) electrons. The molecule has 1 aliphatic heterocycles. The Bertz CT molecular complexity index is 977. The summed E-state index contributed by atoms with van der Waals surface area (Å²) in [5.74, 6) is -0.590. The van der Waals surface area contributed by atoms with Crippen LogP contribution in [0.3, 0.4) is 0 Å². The van der Waals surface area contributed by atoms with Crippen LogP contribution in [-0.4, -0.2) is 49.4 Å². The first kappa shape index (κ1) is 19.9. The van der Waals surface area contributed by atoms with Gasteiger partial charge in [0, 0.05) is 18.4 Å². The molecule has 0 aromatic heterocycles. The molecule has 1 unspecified atom stereocenters. The number of carbonyl (C=O) groups is 2. The molecule has 1 saturated heterocycles. The van der Waals surface area contributed by atoms with Crippen LogP contribution in [0, 0.1) is 16.7 Å². The summed E-state index contributed by atoms with van der Waals surface area (Å²) in [5, 5.41) is 12.0. The predicted octanol–water partition coefficient (Wildman–Crippen LogP) is 1.33. The van der Waals surface area contributed by atoms with Crippen molar-refractivity contribution in [2.24, 2.45) is 5.41 Å². The van der Waals surface area contributed by atoms with Gasteiger partial charge in [-0.15, -0.1) is 0 Å². The lowest BCUT2D eigenvalue weighted by molar-refractivity contribution is -0.142. The molecule has 1 aromatic rings. The van der Waals surface area contributed by atoms with E-state index in [1.165, 1.54) is 17.0 Å². The van der Waals surface area contributed by atoms with Crippen LogP contribution in [0.25, 0.3) is 0 Å². The molecule has 2 amide bonds. The number of likely N-dealkylation sites (tertiary alicyclic amines) is 1. The maximum absolute atomic E-state index is 13.0. The van der Waals surface area contributed by atoms with Gasteiger partial charge in [0.05, 0.1) is 17.1 Å². The second kappa shape index (κ2) is 6.82. The van der Waals surface area contributed by atoms with Crippen molar-refractivity contribution in [3.05, 3.63) is 30.3 Å². The number of amides is 2. The summed E-state index contributed by atoms with van der Waals surface area (Å²) in [6.07, 6.45) is 1.89. The van der Waals surface area contributed by atoms with E-state index in [9.17, 15) is 23.3 Å². The van der Waals surface area contributed by atoms with Gasteiger partial charge in [-0.3, -0.25) is 13.8 Å². The third-order valence-electron chi connectivity index (χ3n) is 5.96. The lowest BCUT2D eigenvalue weighted by Crippen LogP contribution is -2.50. The second-order valence-electron chi connectivity index (χ2n) is 8.44. The monoisotopic (exact) mass is 417 g/mol. The van der Waals surface area contributed by atoms with E-state index in [4.69, 9.17) is 4.18 Å². The number of carbonyl (C=O) groups excluding carboxylic acids is 2. The highest BCUT2D eigenvalue weighted by Crippen LogP contribution is 2.48. The van der Waals surface area contributed by atoms with Crippen molar-refractivity contribution in [2.75, 3.05) is 6.54 Å². The van der Waals surface area contributed by atoms with Gasteiger partial charge in [0.15, 0.2) is 0 Å². The Kier molecular flexibility index (Phi) is 4.67. The van der Waals surface area contributed by atoms with Crippen LogP contribution in [-0.2, 0) is 23.9 Å². The number of nitriles is 1. The topological polar surface area (TPSA) is 117 Å². The molecule has 154 valence electrons. The maximum atomic E-state index is 13.0. The van der Waals surface area contributed by atoms with Crippen LogP contribution in [0.15, 0.2) is 35.2 Å². The summed E-state index contributed by atoms with van der Waals surface area (Å²) in [4.78, 5) is 27.3. The minimum atomic E-state index is -4.01. The van der Waals surface area contributed by atoms with E-state index >= 15 is 0 Å². The largest absolute Gasteiger partial charge is 0.336 e. The Balaban J connectivity index is 1.53. The Morgan fingerprint density at radius 3 is 2.41 bits per heavy atom. The fourth-order valence-corrected chi connectivity index (χ4v) is 4.72. The number of benzene rings is 1. The van der Waals surface area contributed by atoms with Crippen molar-refractivity contribution >= 4 is 21.9 Å². The Hall–Kier alpha value is -2.44. The minimum absolute atomic E-state index is 0.0259. The molecule has 1 heterocycles. The van der Waals surface area contributed by atoms with Gasteiger partial charge < -0.3 is 10.2 Å². The van der Waals surface area contributed by atoms with Crippen molar-refractivity contribution in [2.45, 2.75) is 61.6 Å². The molecule has 2 aliphatic carbocycles. The number of nitrogens with one attached hydrogen (secondary N) is 1. The zero-order valence-electron chi connectivity index (χ0n) is 16.1. The molecule has 1 N–H and O–H groups in total. The van der Waals surface area contributed by atoms with E-state index < -0.39 is 39.1 Å². The van der Waals surface area contributed by atoms with Crippen LogP contribution in [0.4, 0.5) is 0 Å². The standard InChI is InChI=1S/C20H23N3O5S/c1-19(7-8-19)18(25)23-12-14(28-29(26,27)15-5-3-2-4-6-15)11-16(23)17(24)22-20(13-21)9-10-20/h2-6,14,16H,7-12H2,1H3,(H,22,24)/t14?,16-/m0/s1. The normalized spacial score (nSPS) is 26.4. The molecule has 29 heavy (non-hydrogen) atoms. The smallest absolute Gasteiger partial charge is 0.297 e. The summed E-state index contributed by atoms with van der Waals surface area (Å²) >= 11 is 0. The van der Waals surface area contributed by atoms with Gasteiger partial charge in [-0.1, -0.05) is 25.1 Å². The average molecular weight is 417 g/mol. The third kappa shape index (κ3) is 3.87. The summed E-state index contributed by atoms with van der Waals surface area (Å²) in [6, 6.07) is 9.03. The fraction of sp³-hybridized carbons (Fsp3) is 0.550. The summed E-state index contributed by atoms with van der Waals surface area (Å²) in [7, 11) is -4.01. The molecule has 9 heteroatoms. The van der Waals surface area contributed by atoms with Crippen LogP contribution in [0.5, 0.6) is 0 Å². The molecule has 0 bridgehead atoms. The lowest BCUT2D eigenvalue weighted by Gasteiger charge is -2.27. The molecule has 4 rings (SSSR count). The zero-order chi connectivity index (χ0) is 20.9. The first-order valence-corrected chi connectivity index (χ1v) is 11.1. The Morgan fingerprint density at radius 1 is 1.21 bits per heavy atom. The van der Waals surface area contributed by atoms with Crippen LogP contribution in [0.1, 0.15) is 39.0 Å². The van der Waals surface area contributed by atoms with Crippen molar-refractivity contribution < 1.29 is 22.2 Å². The second-order valence-corrected chi connectivity index (χ2v) is 10.0. The van der Waals surface area contributed by atoms with Crippen molar-refractivity contribution in [1.82, 2.24) is 10.2 Å². The molecule has 0 spiro atoms. The highest BCUT2D eigenvalue weighted by atomic mass is 32.2. The van der Waals surface area contributed by atoms with Gasteiger partial charge >= 0.3 is 0 Å². The van der Waals surface area contributed by atoms with Gasteiger partial charge in [0.1, 0.15) is 11.6 Å². The minimum Gasteiger partial charge on any atom is -0.336 e. The van der Waals surface area contributed by atoms with Crippen LogP contribution in [0.2, 0.25) is 0 Å². The lowest BCUT2D eigenvalue weighted by atomic mass is 10.1. The number of rotatable bonds is 6. The molecule has 2 atom stereocenters. The highest BCUT2D eigenvalue weighted by molar-refractivity contribution is 7.86. The summed E-state index contributed by atoms with van der Waals surface area (Å²) in [6.45, 7) is 1.87. The van der Waals surface area contributed by atoms with E-state index in [2.05, 4.69) is 11.4 Å². The first-order chi connectivity index (χ1) is 13.7. The van der Waals surface area contributed by atoms with E-state index in [0.29, 0.717) is 12.8 Å². The van der Waals surface area contributed by atoms with Crippen molar-refractivity contribution in [3.63, 3.8) is 0 Å². The SMILES string of the molecule is CC1(C(=O)N2CC(OS(=O)(=O)c3ccccc3)C[C@H]2C(=O)NC2(C#N)CC2)CC1. The quantitative estimate of drug-likeness (QED) is 0.698. The Labute approximate surface area is 169 Å². The summed E-state index contributed by atoms with van der Waals surface area (Å²) in [5.41, 5.74) is -1.36. The van der Waals surface area contributed by atoms with Gasteiger partial charge in [-0.2, -0.15) is 13.7 Å². The van der Waals surface area contributed by atoms with Crippen LogP contribution >= 0.6 is 0 Å². The van der Waals surface area contributed by atoms with E-state index in [1.807, 2.05) is 6.92 Å². The Morgan fingerprint density at radius 2 is 1.86 bits per heavy atom. The average Bonchev–Trinajstić information content (AvgIpc) is 3.61. The molecule has 3 fully saturated rings. The maximum Gasteiger partial charge on any atom is 0.297 e. The van der Waals surface area contributed by atoms with Crippen molar-refractivity contribution in [3.8, 4) is 6.07 Å². The van der Waals surface area contributed by atoms with Gasteiger partial charge in [-0.25, -0.2) is 0 Å². The summed E-state index contributed by atoms with van der Waals surface area (Å²) < 4.78 is 30.5. The van der Waals surface area contributed by atoms with E-state index in [0.717, 1.165) is 12.8 Å². The number of hydrogen-bond acceptors (Lipinski definition) is 6. The van der Waals surface area contributed by atoms with Gasteiger partial charge in [0.2, 0.25) is 11.8 Å².